The summed E-state index contributed by atoms with van der Waals surface area (Å²) < 4.78 is 26.9. The molecule has 78 valence electrons. The Labute approximate surface area is 80.0 Å². The molecule has 14 heavy (non-hydrogen) atoms. The maximum atomic E-state index is 12.9. The van der Waals surface area contributed by atoms with Gasteiger partial charge in [0, 0.05) is 13.1 Å². The monoisotopic (exact) mass is 203 g/mol. The van der Waals surface area contributed by atoms with Gasteiger partial charge in [-0.25, -0.2) is 13.6 Å². The Bertz CT molecular complexity index is 341. The normalized spacial score (nSPS) is 14.0. The minimum Gasteiger partial charge on any atom is -0.477 e. The molecule has 0 aliphatic rings. The molecule has 1 unspecified atom stereocenters. The molecule has 5 heteroatoms. The smallest absolute Gasteiger partial charge is 0.352 e. The van der Waals surface area contributed by atoms with Gasteiger partial charge < -0.3 is 9.67 Å². The number of carbonyl (C=O) groups is 1. The van der Waals surface area contributed by atoms with Gasteiger partial charge in [-0.1, -0.05) is 0 Å². The second-order valence-corrected chi connectivity index (χ2v) is 3.24. The van der Waals surface area contributed by atoms with Gasteiger partial charge in [-0.2, -0.15) is 0 Å². The minimum absolute atomic E-state index is 0.126. The highest BCUT2D eigenvalue weighted by Gasteiger charge is 2.33. The molecule has 1 heterocycles. The van der Waals surface area contributed by atoms with E-state index >= 15 is 0 Å². The first-order valence-corrected chi connectivity index (χ1v) is 4.12. The van der Waals surface area contributed by atoms with Crippen molar-refractivity contribution >= 4 is 5.97 Å². The molecule has 0 spiro atoms. The van der Waals surface area contributed by atoms with Crippen LogP contribution in [0.2, 0.25) is 0 Å². The average Bonchev–Trinajstić information content (AvgIpc) is 2.48. The average molecular weight is 203 g/mol. The maximum absolute atomic E-state index is 12.9. The number of halogens is 2. The van der Waals surface area contributed by atoms with E-state index in [1.165, 1.54) is 25.3 Å². The number of carboxylic acid groups (broad SMARTS) is 1. The molecular weight excluding hydrogens is 192 g/mol. The standard InChI is InChI=1S/C9H11F2NO2/c1-6(9(2,10)11)12-5-3-4-7(12)8(13)14/h3-6H,1-2H3,(H,13,14). The number of aromatic carboxylic acids is 1. The van der Waals surface area contributed by atoms with Crippen molar-refractivity contribution in [2.75, 3.05) is 0 Å². The highest BCUT2D eigenvalue weighted by atomic mass is 19.3. The van der Waals surface area contributed by atoms with E-state index in [9.17, 15) is 13.6 Å². The Morgan fingerprint density at radius 2 is 2.21 bits per heavy atom. The summed E-state index contributed by atoms with van der Waals surface area (Å²) in [6.45, 7) is 2.05. The van der Waals surface area contributed by atoms with Crippen molar-refractivity contribution in [3.8, 4) is 0 Å². The molecule has 3 nitrogen and oxygen atoms in total. The fourth-order valence-electron chi connectivity index (χ4n) is 1.16. The molecule has 0 fully saturated rings. The van der Waals surface area contributed by atoms with E-state index in [0.29, 0.717) is 0 Å². The van der Waals surface area contributed by atoms with Crippen molar-refractivity contribution in [2.24, 2.45) is 0 Å². The van der Waals surface area contributed by atoms with Crippen LogP contribution in [0.15, 0.2) is 18.3 Å². The van der Waals surface area contributed by atoms with Crippen molar-refractivity contribution in [3.05, 3.63) is 24.0 Å². The summed E-state index contributed by atoms with van der Waals surface area (Å²) >= 11 is 0. The number of aromatic nitrogens is 1. The summed E-state index contributed by atoms with van der Waals surface area (Å²) in [5.41, 5.74) is -0.126. The molecule has 0 bridgehead atoms. The first-order valence-electron chi connectivity index (χ1n) is 4.12. The van der Waals surface area contributed by atoms with E-state index in [4.69, 9.17) is 5.11 Å². The van der Waals surface area contributed by atoms with Crippen LogP contribution in [-0.2, 0) is 0 Å². The molecule has 1 aromatic heterocycles. The zero-order valence-corrected chi connectivity index (χ0v) is 7.87. The van der Waals surface area contributed by atoms with Gasteiger partial charge in [0.25, 0.3) is 5.92 Å². The first-order chi connectivity index (χ1) is 6.34. The SMILES string of the molecule is CC(n1cccc1C(=O)O)C(C)(F)F. The van der Waals surface area contributed by atoms with Gasteiger partial charge in [-0.3, -0.25) is 0 Å². The van der Waals surface area contributed by atoms with E-state index in [1.807, 2.05) is 0 Å². The van der Waals surface area contributed by atoms with E-state index in [0.717, 1.165) is 11.5 Å². The van der Waals surface area contributed by atoms with Crippen LogP contribution in [0.4, 0.5) is 8.78 Å². The van der Waals surface area contributed by atoms with Gasteiger partial charge in [0.15, 0.2) is 0 Å². The van der Waals surface area contributed by atoms with Crippen molar-refractivity contribution in [2.45, 2.75) is 25.8 Å². The van der Waals surface area contributed by atoms with Crippen LogP contribution in [0.1, 0.15) is 30.4 Å². The predicted molar refractivity (Wildman–Crippen MR) is 46.7 cm³/mol. The van der Waals surface area contributed by atoms with Crippen molar-refractivity contribution in [3.63, 3.8) is 0 Å². The molecule has 0 saturated heterocycles. The molecule has 1 aromatic rings. The molecule has 1 N–H and O–H groups in total. The van der Waals surface area contributed by atoms with E-state index in [-0.39, 0.29) is 5.69 Å². The third-order valence-electron chi connectivity index (χ3n) is 2.15. The van der Waals surface area contributed by atoms with E-state index < -0.39 is 17.9 Å². The summed E-state index contributed by atoms with van der Waals surface area (Å²) in [7, 11) is 0. The van der Waals surface area contributed by atoms with Gasteiger partial charge in [-0.05, 0) is 19.1 Å². The fourth-order valence-corrected chi connectivity index (χ4v) is 1.16. The van der Waals surface area contributed by atoms with Crippen LogP contribution in [-0.4, -0.2) is 21.6 Å². The van der Waals surface area contributed by atoms with Crippen LogP contribution in [0.3, 0.4) is 0 Å². The third kappa shape index (κ3) is 1.92. The Morgan fingerprint density at radius 1 is 1.64 bits per heavy atom. The van der Waals surface area contributed by atoms with Gasteiger partial charge in [0.2, 0.25) is 0 Å². The Morgan fingerprint density at radius 3 is 2.64 bits per heavy atom. The Balaban J connectivity index is 3.07. The van der Waals surface area contributed by atoms with Gasteiger partial charge in [-0.15, -0.1) is 0 Å². The van der Waals surface area contributed by atoms with Crippen molar-refractivity contribution in [1.82, 2.24) is 4.57 Å². The largest absolute Gasteiger partial charge is 0.477 e. The Kier molecular flexibility index (Phi) is 2.59. The van der Waals surface area contributed by atoms with Crippen LogP contribution in [0.25, 0.3) is 0 Å². The molecule has 0 aromatic carbocycles. The number of hydrogen-bond donors (Lipinski definition) is 1. The molecule has 1 atom stereocenters. The second kappa shape index (κ2) is 3.40. The second-order valence-electron chi connectivity index (χ2n) is 3.24. The van der Waals surface area contributed by atoms with Crippen molar-refractivity contribution in [1.29, 1.82) is 0 Å². The lowest BCUT2D eigenvalue weighted by Gasteiger charge is -2.22. The molecule has 0 aliphatic carbocycles. The summed E-state index contributed by atoms with van der Waals surface area (Å²) in [6, 6.07) is 1.57. The van der Waals surface area contributed by atoms with Crippen LogP contribution < -0.4 is 0 Å². The lowest BCUT2D eigenvalue weighted by atomic mass is 10.2. The quantitative estimate of drug-likeness (QED) is 0.819. The maximum Gasteiger partial charge on any atom is 0.352 e. The lowest BCUT2D eigenvalue weighted by molar-refractivity contribution is -0.0266. The fraction of sp³-hybridized carbons (Fsp3) is 0.444. The highest BCUT2D eigenvalue weighted by Crippen LogP contribution is 2.29. The Hall–Kier alpha value is -1.39. The molecular formula is C9H11F2NO2. The zero-order chi connectivity index (χ0) is 10.9. The molecule has 0 radical (unpaired) electrons. The predicted octanol–water partition coefficient (Wildman–Crippen LogP) is 2.40. The summed E-state index contributed by atoms with van der Waals surface area (Å²) in [6.07, 6.45) is 1.34. The van der Waals surface area contributed by atoms with Gasteiger partial charge in [0.1, 0.15) is 5.69 Å². The van der Waals surface area contributed by atoms with E-state index in [2.05, 4.69) is 0 Å². The topological polar surface area (TPSA) is 42.2 Å². The molecule has 1 rings (SSSR count). The molecule has 0 amide bonds. The number of nitrogens with zero attached hydrogens (tertiary/aromatic N) is 1. The van der Waals surface area contributed by atoms with Gasteiger partial charge >= 0.3 is 5.97 Å². The van der Waals surface area contributed by atoms with E-state index in [1.54, 1.807) is 0 Å². The lowest BCUT2D eigenvalue weighted by Crippen LogP contribution is -2.26. The number of carboxylic acids is 1. The van der Waals surface area contributed by atoms with Crippen LogP contribution in [0.5, 0.6) is 0 Å². The van der Waals surface area contributed by atoms with Gasteiger partial charge in [0.05, 0.1) is 6.04 Å². The van der Waals surface area contributed by atoms with Crippen molar-refractivity contribution < 1.29 is 18.7 Å². The minimum atomic E-state index is -2.94. The number of rotatable bonds is 3. The summed E-state index contributed by atoms with van der Waals surface area (Å²) in [5.74, 6) is -4.14. The molecule has 0 aliphatic heterocycles. The number of alkyl halides is 2. The highest BCUT2D eigenvalue weighted by molar-refractivity contribution is 5.85. The number of hydrogen-bond acceptors (Lipinski definition) is 1. The first kappa shape index (κ1) is 10.7. The molecule has 0 saturated carbocycles. The third-order valence-corrected chi connectivity index (χ3v) is 2.15. The zero-order valence-electron chi connectivity index (χ0n) is 7.87. The summed E-state index contributed by atoms with van der Waals surface area (Å²) in [5, 5.41) is 8.70. The summed E-state index contributed by atoms with van der Waals surface area (Å²) in [4.78, 5) is 10.6. The van der Waals surface area contributed by atoms with Crippen LogP contribution in [0, 0.1) is 0 Å². The van der Waals surface area contributed by atoms with Crippen LogP contribution >= 0.6 is 0 Å².